The van der Waals surface area contributed by atoms with Gasteiger partial charge in [0.2, 0.25) is 0 Å². The number of carbonyl (C=O) groups excluding carboxylic acids is 1. The number of aromatic nitrogens is 4. The number of nitrogens with zero attached hydrogens (tertiary/aromatic N) is 4. The van der Waals surface area contributed by atoms with Gasteiger partial charge in [0.25, 0.3) is 5.91 Å². The summed E-state index contributed by atoms with van der Waals surface area (Å²) in [4.78, 5) is 20.7. The normalized spacial score (nSPS) is 10.8. The van der Waals surface area contributed by atoms with Crippen LogP contribution < -0.4 is 10.1 Å². The molecule has 0 spiro atoms. The third-order valence-corrected chi connectivity index (χ3v) is 5.56. The number of benzene rings is 2. The van der Waals surface area contributed by atoms with Crippen molar-refractivity contribution in [1.29, 1.82) is 0 Å². The number of hydrogen-bond donors (Lipinski definition) is 1. The summed E-state index contributed by atoms with van der Waals surface area (Å²) in [5.74, 6) is -0.422. The molecule has 0 radical (unpaired) electrons. The average molecular weight is 464 g/mol. The molecular formula is C19H12Cl2FN5O2S. The van der Waals surface area contributed by atoms with Gasteiger partial charge in [-0.1, -0.05) is 40.6 Å². The molecular weight excluding hydrogens is 452 g/mol. The molecule has 0 saturated carbocycles. The molecule has 0 saturated heterocycles. The number of ether oxygens (including phenoxy) is 1. The lowest BCUT2D eigenvalue weighted by atomic mass is 10.1. The average Bonchev–Trinajstić information content (AvgIpc) is 3.39. The van der Waals surface area contributed by atoms with Crippen molar-refractivity contribution in [2.75, 3.05) is 11.9 Å². The number of carbonyl (C=O) groups is 1. The lowest BCUT2D eigenvalue weighted by Gasteiger charge is -2.05. The van der Waals surface area contributed by atoms with Crippen LogP contribution in [0.15, 0.2) is 55.1 Å². The molecule has 4 aromatic rings. The Kier molecular flexibility index (Phi) is 5.93. The van der Waals surface area contributed by atoms with E-state index in [-0.39, 0.29) is 12.4 Å². The summed E-state index contributed by atoms with van der Waals surface area (Å²) in [6.45, 7) is -0.258. The summed E-state index contributed by atoms with van der Waals surface area (Å²) >= 11 is 13.4. The van der Waals surface area contributed by atoms with Crippen LogP contribution in [0.2, 0.25) is 10.0 Å². The molecule has 7 nitrogen and oxygen atoms in total. The topological polar surface area (TPSA) is 81.9 Å². The first kappa shape index (κ1) is 20.3. The monoisotopic (exact) mass is 463 g/mol. The minimum Gasteiger partial charge on any atom is -0.484 e. The maximum atomic E-state index is 12.9. The third-order valence-electron chi connectivity index (χ3n) is 3.86. The van der Waals surface area contributed by atoms with Gasteiger partial charge in [-0.15, -0.1) is 0 Å². The number of hydrogen-bond acceptors (Lipinski definition) is 6. The number of halogens is 3. The van der Waals surface area contributed by atoms with Gasteiger partial charge in [0.15, 0.2) is 11.7 Å². The third kappa shape index (κ3) is 4.59. The molecule has 0 fully saturated rings. The van der Waals surface area contributed by atoms with Crippen LogP contribution in [0, 0.1) is 5.82 Å². The Hall–Kier alpha value is -3.01. The van der Waals surface area contributed by atoms with E-state index < -0.39 is 5.91 Å². The Balaban J connectivity index is 1.55. The van der Waals surface area contributed by atoms with Gasteiger partial charge in [0.05, 0.1) is 10.0 Å². The van der Waals surface area contributed by atoms with Crippen LogP contribution in [0.3, 0.4) is 0 Å². The molecule has 0 bridgehead atoms. The summed E-state index contributed by atoms with van der Waals surface area (Å²) in [5, 5.41) is 8.61. The summed E-state index contributed by atoms with van der Waals surface area (Å²) in [6.07, 6.45) is 2.92. The number of thiazole rings is 1. The Labute approximate surface area is 184 Å². The summed E-state index contributed by atoms with van der Waals surface area (Å²) in [5.41, 5.74) is 1.26. The van der Waals surface area contributed by atoms with E-state index in [0.29, 0.717) is 37.2 Å². The second kappa shape index (κ2) is 8.78. The molecule has 2 aromatic heterocycles. The summed E-state index contributed by atoms with van der Waals surface area (Å²) < 4.78 is 19.8. The van der Waals surface area contributed by atoms with Crippen LogP contribution in [0.5, 0.6) is 5.75 Å². The minimum atomic E-state index is -0.418. The smallest absolute Gasteiger partial charge is 0.264 e. The number of nitrogens with one attached hydrogen (secondary N) is 1. The van der Waals surface area contributed by atoms with Crippen molar-refractivity contribution in [1.82, 2.24) is 19.7 Å². The summed E-state index contributed by atoms with van der Waals surface area (Å²) in [7, 11) is 0. The SMILES string of the molecule is O=C(COc1ccc(F)cc1)Nc1nc(-c2ccc(Cl)c(Cl)c2)c(-n2cncn2)s1. The maximum absolute atomic E-state index is 12.9. The van der Waals surface area contributed by atoms with E-state index in [1.165, 1.54) is 48.3 Å². The van der Waals surface area contributed by atoms with Crippen LogP contribution in [0.4, 0.5) is 9.52 Å². The van der Waals surface area contributed by atoms with Gasteiger partial charge < -0.3 is 4.74 Å². The Bertz CT molecular complexity index is 1180. The van der Waals surface area contributed by atoms with Crippen molar-refractivity contribution in [3.8, 4) is 22.0 Å². The number of amides is 1. The van der Waals surface area contributed by atoms with Crippen molar-refractivity contribution < 1.29 is 13.9 Å². The Morgan fingerprint density at radius 3 is 2.67 bits per heavy atom. The molecule has 11 heteroatoms. The molecule has 152 valence electrons. The van der Waals surface area contributed by atoms with Gasteiger partial charge >= 0.3 is 0 Å². The number of rotatable bonds is 6. The zero-order valence-corrected chi connectivity index (χ0v) is 17.4. The highest BCUT2D eigenvalue weighted by molar-refractivity contribution is 7.18. The largest absolute Gasteiger partial charge is 0.484 e. The Morgan fingerprint density at radius 1 is 1.17 bits per heavy atom. The van der Waals surface area contributed by atoms with Crippen molar-refractivity contribution in [3.05, 3.63) is 71.0 Å². The molecule has 0 unspecified atom stereocenters. The van der Waals surface area contributed by atoms with Crippen LogP contribution in [-0.4, -0.2) is 32.3 Å². The van der Waals surface area contributed by atoms with Crippen molar-refractivity contribution in [3.63, 3.8) is 0 Å². The standard InChI is InChI=1S/C19H12Cl2FN5O2S/c20-14-6-1-11(7-15(14)21)17-18(27-10-23-9-24-27)30-19(26-17)25-16(28)8-29-13-4-2-12(22)3-5-13/h1-7,9-10H,8H2,(H,25,26,28). The van der Waals surface area contributed by atoms with E-state index in [1.807, 2.05) is 0 Å². The molecule has 2 aromatic carbocycles. The minimum absolute atomic E-state index is 0.258. The zero-order valence-electron chi connectivity index (χ0n) is 15.1. The fourth-order valence-electron chi connectivity index (χ4n) is 2.50. The van der Waals surface area contributed by atoms with Gasteiger partial charge in [-0.25, -0.2) is 19.0 Å². The molecule has 0 aliphatic carbocycles. The van der Waals surface area contributed by atoms with Crippen molar-refractivity contribution >= 4 is 45.6 Å². The first-order valence-electron chi connectivity index (χ1n) is 8.49. The van der Waals surface area contributed by atoms with E-state index in [9.17, 15) is 9.18 Å². The predicted octanol–water partition coefficient (Wildman–Crippen LogP) is 4.85. The first-order valence-corrected chi connectivity index (χ1v) is 10.1. The quantitative estimate of drug-likeness (QED) is 0.441. The van der Waals surface area contributed by atoms with Gasteiger partial charge in [0.1, 0.15) is 34.9 Å². The van der Waals surface area contributed by atoms with Crippen LogP contribution >= 0.6 is 34.5 Å². The Morgan fingerprint density at radius 2 is 1.97 bits per heavy atom. The summed E-state index contributed by atoms with van der Waals surface area (Å²) in [6, 6.07) is 10.5. The van der Waals surface area contributed by atoms with E-state index in [2.05, 4.69) is 20.4 Å². The predicted molar refractivity (Wildman–Crippen MR) is 113 cm³/mol. The van der Waals surface area contributed by atoms with Crippen LogP contribution in [0.25, 0.3) is 16.3 Å². The molecule has 30 heavy (non-hydrogen) atoms. The highest BCUT2D eigenvalue weighted by Crippen LogP contribution is 2.36. The molecule has 1 amide bonds. The molecule has 4 rings (SSSR count). The second-order valence-corrected chi connectivity index (χ2v) is 7.72. The molecule has 0 aliphatic heterocycles. The first-order chi connectivity index (χ1) is 14.5. The fraction of sp³-hybridized carbons (Fsp3) is 0.0526. The van der Waals surface area contributed by atoms with E-state index in [0.717, 1.165) is 0 Å². The van der Waals surface area contributed by atoms with Crippen LogP contribution in [-0.2, 0) is 4.79 Å². The van der Waals surface area contributed by atoms with Gasteiger partial charge in [-0.05, 0) is 36.4 Å². The lowest BCUT2D eigenvalue weighted by Crippen LogP contribution is -2.20. The van der Waals surface area contributed by atoms with E-state index in [4.69, 9.17) is 27.9 Å². The van der Waals surface area contributed by atoms with Gasteiger partial charge in [0, 0.05) is 5.56 Å². The maximum Gasteiger partial charge on any atom is 0.264 e. The van der Waals surface area contributed by atoms with E-state index in [1.54, 1.807) is 22.9 Å². The lowest BCUT2D eigenvalue weighted by molar-refractivity contribution is -0.118. The molecule has 1 N–H and O–H groups in total. The zero-order chi connectivity index (χ0) is 21.1. The molecule has 0 atom stereocenters. The molecule has 0 aliphatic rings. The van der Waals surface area contributed by atoms with Gasteiger partial charge in [-0.3, -0.25) is 10.1 Å². The second-order valence-electron chi connectivity index (χ2n) is 5.93. The number of anilines is 1. The van der Waals surface area contributed by atoms with Gasteiger partial charge in [-0.2, -0.15) is 5.10 Å². The molecule has 2 heterocycles. The highest BCUT2D eigenvalue weighted by atomic mass is 35.5. The van der Waals surface area contributed by atoms with Crippen molar-refractivity contribution in [2.45, 2.75) is 0 Å². The fourth-order valence-corrected chi connectivity index (χ4v) is 3.73. The van der Waals surface area contributed by atoms with Crippen molar-refractivity contribution in [2.24, 2.45) is 0 Å². The highest BCUT2D eigenvalue weighted by Gasteiger charge is 2.18. The van der Waals surface area contributed by atoms with Crippen LogP contribution in [0.1, 0.15) is 0 Å². The van der Waals surface area contributed by atoms with E-state index >= 15 is 0 Å².